The molecule has 16 heavy (non-hydrogen) atoms. The van der Waals surface area contributed by atoms with Crippen LogP contribution in [0.1, 0.15) is 37.1 Å². The summed E-state index contributed by atoms with van der Waals surface area (Å²) in [7, 11) is 0. The van der Waals surface area contributed by atoms with Crippen LogP contribution in [0.2, 0.25) is 0 Å². The third kappa shape index (κ3) is 2.07. The SMILES string of the molecule is CCn1nnc(CC#N)c1C1CCOCC1. The smallest absolute Gasteiger partial charge is 0.100 e. The van der Waals surface area contributed by atoms with Gasteiger partial charge < -0.3 is 4.74 Å². The summed E-state index contributed by atoms with van der Waals surface area (Å²) in [6.07, 6.45) is 2.37. The lowest BCUT2D eigenvalue weighted by molar-refractivity contribution is 0.0833. The Morgan fingerprint density at radius 3 is 2.88 bits per heavy atom. The van der Waals surface area contributed by atoms with Gasteiger partial charge in [-0.1, -0.05) is 5.21 Å². The maximum Gasteiger partial charge on any atom is 0.100 e. The minimum Gasteiger partial charge on any atom is -0.381 e. The van der Waals surface area contributed by atoms with Gasteiger partial charge in [0.2, 0.25) is 0 Å². The molecule has 0 aromatic carbocycles. The summed E-state index contributed by atoms with van der Waals surface area (Å²) in [4.78, 5) is 0. The third-order valence-electron chi connectivity index (χ3n) is 3.00. The van der Waals surface area contributed by atoms with Crippen LogP contribution in [0.5, 0.6) is 0 Å². The largest absolute Gasteiger partial charge is 0.381 e. The molecule has 0 saturated carbocycles. The molecule has 1 saturated heterocycles. The lowest BCUT2D eigenvalue weighted by Gasteiger charge is -2.22. The topological polar surface area (TPSA) is 63.7 Å². The molecule has 86 valence electrons. The van der Waals surface area contributed by atoms with Crippen LogP contribution in [0.25, 0.3) is 0 Å². The molecule has 0 aliphatic carbocycles. The number of hydrogen-bond donors (Lipinski definition) is 0. The van der Waals surface area contributed by atoms with Crippen LogP contribution in [0.3, 0.4) is 0 Å². The van der Waals surface area contributed by atoms with Crippen LogP contribution in [-0.2, 0) is 17.7 Å². The zero-order valence-electron chi connectivity index (χ0n) is 9.52. The van der Waals surface area contributed by atoms with Crippen molar-refractivity contribution in [2.75, 3.05) is 13.2 Å². The molecule has 0 atom stereocenters. The zero-order valence-corrected chi connectivity index (χ0v) is 9.52. The summed E-state index contributed by atoms with van der Waals surface area (Å²) >= 11 is 0. The Morgan fingerprint density at radius 1 is 1.50 bits per heavy atom. The molecule has 1 aromatic rings. The van der Waals surface area contributed by atoms with Crippen LogP contribution < -0.4 is 0 Å². The third-order valence-corrected chi connectivity index (χ3v) is 3.00. The van der Waals surface area contributed by atoms with E-state index < -0.39 is 0 Å². The van der Waals surface area contributed by atoms with Gasteiger partial charge in [0.25, 0.3) is 0 Å². The van der Waals surface area contributed by atoms with Gasteiger partial charge >= 0.3 is 0 Å². The van der Waals surface area contributed by atoms with Gasteiger partial charge in [0.15, 0.2) is 0 Å². The van der Waals surface area contributed by atoms with E-state index in [0.717, 1.165) is 44.0 Å². The van der Waals surface area contributed by atoms with E-state index in [0.29, 0.717) is 12.3 Å². The first-order chi connectivity index (χ1) is 7.86. The molecule has 1 fully saturated rings. The molecule has 1 aliphatic rings. The quantitative estimate of drug-likeness (QED) is 0.769. The lowest BCUT2D eigenvalue weighted by atomic mass is 9.94. The predicted molar refractivity (Wildman–Crippen MR) is 57.8 cm³/mol. The summed E-state index contributed by atoms with van der Waals surface area (Å²) in [5.41, 5.74) is 1.99. The van der Waals surface area contributed by atoms with Gasteiger partial charge in [0.1, 0.15) is 5.69 Å². The Balaban J connectivity index is 2.27. The average molecular weight is 220 g/mol. The molecule has 2 heterocycles. The molecule has 0 unspecified atom stereocenters. The van der Waals surface area contributed by atoms with Crippen molar-refractivity contribution in [2.45, 2.75) is 38.6 Å². The molecule has 0 amide bonds. The second-order valence-corrected chi connectivity index (χ2v) is 3.96. The van der Waals surface area contributed by atoms with Crippen molar-refractivity contribution in [1.29, 1.82) is 5.26 Å². The average Bonchev–Trinajstić information content (AvgIpc) is 2.74. The highest BCUT2D eigenvalue weighted by molar-refractivity contribution is 5.19. The Labute approximate surface area is 95.0 Å². The van der Waals surface area contributed by atoms with Gasteiger partial charge in [0.05, 0.1) is 18.2 Å². The first-order valence-corrected chi connectivity index (χ1v) is 5.73. The molecule has 1 aromatic heterocycles. The fraction of sp³-hybridized carbons (Fsp3) is 0.727. The van der Waals surface area contributed by atoms with Gasteiger partial charge in [-0.3, -0.25) is 0 Å². The van der Waals surface area contributed by atoms with E-state index in [9.17, 15) is 0 Å². The molecule has 0 spiro atoms. The van der Waals surface area contributed by atoms with Gasteiger partial charge in [-0.15, -0.1) is 5.10 Å². The molecule has 2 rings (SSSR count). The van der Waals surface area contributed by atoms with Crippen LogP contribution in [0.15, 0.2) is 0 Å². The number of rotatable bonds is 3. The van der Waals surface area contributed by atoms with Crippen LogP contribution in [0, 0.1) is 11.3 Å². The maximum absolute atomic E-state index is 8.77. The summed E-state index contributed by atoms with van der Waals surface area (Å²) in [5.74, 6) is 0.451. The standard InChI is InChI=1S/C11H16N4O/c1-2-15-11(9-4-7-16-8-5-9)10(3-6-12)13-14-15/h9H,2-5,7-8H2,1H3. The van der Waals surface area contributed by atoms with Crippen molar-refractivity contribution in [3.63, 3.8) is 0 Å². The highest BCUT2D eigenvalue weighted by Crippen LogP contribution is 2.28. The van der Waals surface area contributed by atoms with Crippen molar-refractivity contribution in [1.82, 2.24) is 15.0 Å². The normalized spacial score (nSPS) is 17.2. The lowest BCUT2D eigenvalue weighted by Crippen LogP contribution is -2.18. The Morgan fingerprint density at radius 2 is 2.25 bits per heavy atom. The fourth-order valence-corrected chi connectivity index (χ4v) is 2.21. The minimum absolute atomic E-state index is 0.354. The van der Waals surface area contributed by atoms with Crippen LogP contribution in [0.4, 0.5) is 0 Å². The van der Waals surface area contributed by atoms with Crippen molar-refractivity contribution < 1.29 is 4.74 Å². The first kappa shape index (κ1) is 11.1. The monoisotopic (exact) mass is 220 g/mol. The highest BCUT2D eigenvalue weighted by Gasteiger charge is 2.23. The van der Waals surface area contributed by atoms with E-state index in [1.165, 1.54) is 0 Å². The molecule has 5 heteroatoms. The Kier molecular flexibility index (Phi) is 3.52. The number of aromatic nitrogens is 3. The van der Waals surface area contributed by atoms with Crippen molar-refractivity contribution in [3.8, 4) is 6.07 Å². The van der Waals surface area contributed by atoms with Crippen molar-refractivity contribution in [2.24, 2.45) is 0 Å². The van der Waals surface area contributed by atoms with Gasteiger partial charge in [-0.05, 0) is 19.8 Å². The Bertz CT molecular complexity index is 387. The number of hydrogen-bond acceptors (Lipinski definition) is 4. The van der Waals surface area contributed by atoms with Crippen molar-refractivity contribution >= 4 is 0 Å². The first-order valence-electron chi connectivity index (χ1n) is 5.73. The van der Waals surface area contributed by atoms with Crippen LogP contribution in [-0.4, -0.2) is 28.2 Å². The van der Waals surface area contributed by atoms with E-state index in [1.54, 1.807) is 0 Å². The number of nitrogens with zero attached hydrogens (tertiary/aromatic N) is 4. The van der Waals surface area contributed by atoms with Crippen LogP contribution >= 0.6 is 0 Å². The molecule has 1 aliphatic heterocycles. The van der Waals surface area contributed by atoms with E-state index in [4.69, 9.17) is 10.00 Å². The number of ether oxygens (including phenoxy) is 1. The highest BCUT2D eigenvalue weighted by atomic mass is 16.5. The molecule has 0 bridgehead atoms. The van der Waals surface area contributed by atoms with E-state index in [1.807, 2.05) is 11.6 Å². The zero-order chi connectivity index (χ0) is 11.4. The van der Waals surface area contributed by atoms with Gasteiger partial charge in [-0.2, -0.15) is 5.26 Å². The van der Waals surface area contributed by atoms with E-state index in [2.05, 4.69) is 16.4 Å². The van der Waals surface area contributed by atoms with Crippen molar-refractivity contribution in [3.05, 3.63) is 11.4 Å². The molecular formula is C11H16N4O. The predicted octanol–water partition coefficient (Wildman–Crippen LogP) is 1.26. The second kappa shape index (κ2) is 5.08. The minimum atomic E-state index is 0.354. The van der Waals surface area contributed by atoms with E-state index in [-0.39, 0.29) is 0 Å². The van der Waals surface area contributed by atoms with E-state index >= 15 is 0 Å². The molecule has 0 radical (unpaired) electrons. The summed E-state index contributed by atoms with van der Waals surface area (Å²) in [6.45, 7) is 4.45. The van der Waals surface area contributed by atoms with Gasteiger partial charge in [0, 0.05) is 25.7 Å². The summed E-state index contributed by atoms with van der Waals surface area (Å²) in [6, 6.07) is 2.15. The molecular weight excluding hydrogens is 204 g/mol. The fourth-order valence-electron chi connectivity index (χ4n) is 2.21. The molecule has 5 nitrogen and oxygen atoms in total. The number of aryl methyl sites for hydroxylation is 1. The summed E-state index contributed by atoms with van der Waals surface area (Å²) in [5, 5.41) is 17.0. The number of nitriles is 1. The molecule has 0 N–H and O–H groups in total. The van der Waals surface area contributed by atoms with Gasteiger partial charge in [-0.25, -0.2) is 4.68 Å². The summed E-state index contributed by atoms with van der Waals surface area (Å²) < 4.78 is 7.28. The second-order valence-electron chi connectivity index (χ2n) is 3.96. The maximum atomic E-state index is 8.77. The Hall–Kier alpha value is -1.41.